The van der Waals surface area contributed by atoms with E-state index in [1.54, 1.807) is 18.5 Å². The van der Waals surface area contributed by atoms with E-state index in [4.69, 9.17) is 11.6 Å². The van der Waals surface area contributed by atoms with Crippen LogP contribution >= 0.6 is 38.9 Å². The summed E-state index contributed by atoms with van der Waals surface area (Å²) < 4.78 is 0.981. The summed E-state index contributed by atoms with van der Waals surface area (Å²) in [7, 11) is 0. The van der Waals surface area contributed by atoms with Gasteiger partial charge in [0.25, 0.3) is 0 Å². The fraction of sp³-hybridized carbons (Fsp3) is 0. The molecule has 2 aromatic heterocycles. The molecule has 0 saturated carbocycles. The zero-order chi connectivity index (χ0) is 12.3. The number of rotatable bonds is 2. The molecule has 2 aromatic rings. The molecule has 17 heavy (non-hydrogen) atoms. The molecule has 0 saturated heterocycles. The van der Waals surface area contributed by atoms with Crippen LogP contribution in [0.25, 0.3) is 10.6 Å². The molecule has 2 rings (SSSR count). The normalized spacial score (nSPS) is 11.8. The summed E-state index contributed by atoms with van der Waals surface area (Å²) >= 11 is 11.1. The lowest BCUT2D eigenvalue weighted by Gasteiger charge is -2.01. The fourth-order valence-electron chi connectivity index (χ4n) is 1.31. The van der Waals surface area contributed by atoms with E-state index in [2.05, 4.69) is 27.0 Å². The molecule has 0 N–H and O–H groups in total. The highest BCUT2D eigenvalue weighted by atomic mass is 79.9. The van der Waals surface area contributed by atoms with Crippen molar-refractivity contribution in [1.29, 1.82) is 5.26 Å². The van der Waals surface area contributed by atoms with Crippen LogP contribution in [0.15, 0.2) is 40.4 Å². The Hall–Kier alpha value is -1.15. The van der Waals surface area contributed by atoms with Crippen molar-refractivity contribution in [2.45, 2.75) is 0 Å². The van der Waals surface area contributed by atoms with Gasteiger partial charge < -0.3 is 0 Å². The van der Waals surface area contributed by atoms with Gasteiger partial charge in [-0.05, 0) is 34.1 Å². The minimum Gasteiger partial charge on any atom is -0.264 e. The molecular weight excluding hydrogens is 320 g/mol. The first-order valence-electron chi connectivity index (χ1n) is 4.68. The Bertz CT molecular complexity index is 598. The number of allylic oxidation sites excluding steroid dienone is 1. The molecule has 0 aliphatic rings. The van der Waals surface area contributed by atoms with Crippen molar-refractivity contribution < 1.29 is 0 Å². The predicted octanol–water partition coefficient (Wildman–Crippen LogP) is 4.54. The highest BCUT2D eigenvalue weighted by Gasteiger charge is 2.11. The maximum Gasteiger partial charge on any atom is 0.101 e. The number of pyridine rings is 1. The van der Waals surface area contributed by atoms with Gasteiger partial charge in [0.15, 0.2) is 0 Å². The Kier molecular flexibility index (Phi) is 3.95. The average molecular weight is 326 g/mol. The highest BCUT2D eigenvalue weighted by Crippen LogP contribution is 2.35. The molecule has 0 bridgehead atoms. The van der Waals surface area contributed by atoms with Crippen LogP contribution in [0.5, 0.6) is 0 Å². The highest BCUT2D eigenvalue weighted by molar-refractivity contribution is 9.11. The van der Waals surface area contributed by atoms with E-state index in [9.17, 15) is 5.26 Å². The Morgan fingerprint density at radius 2 is 2.24 bits per heavy atom. The van der Waals surface area contributed by atoms with Gasteiger partial charge in [-0.3, -0.25) is 4.98 Å². The number of halogens is 2. The van der Waals surface area contributed by atoms with Gasteiger partial charge in [0.2, 0.25) is 0 Å². The summed E-state index contributed by atoms with van der Waals surface area (Å²) in [6, 6.07) is 9.50. The molecule has 0 atom stereocenters. The molecule has 0 unspecified atom stereocenters. The van der Waals surface area contributed by atoms with Crippen LogP contribution in [0.3, 0.4) is 0 Å². The van der Waals surface area contributed by atoms with E-state index in [1.165, 1.54) is 11.3 Å². The van der Waals surface area contributed by atoms with E-state index < -0.39 is 0 Å². The quantitative estimate of drug-likeness (QED) is 0.760. The average Bonchev–Trinajstić information content (AvgIpc) is 2.78. The second-order valence-corrected chi connectivity index (χ2v) is 5.99. The molecule has 0 aromatic carbocycles. The third kappa shape index (κ3) is 2.75. The SMILES string of the molecule is N#C/C(=C(/Cl)c1ccc(Br)s1)c1cccnc1. The molecule has 0 spiro atoms. The number of aromatic nitrogens is 1. The van der Waals surface area contributed by atoms with Crippen LogP contribution in [0, 0.1) is 11.3 Å². The van der Waals surface area contributed by atoms with E-state index >= 15 is 0 Å². The summed E-state index contributed by atoms with van der Waals surface area (Å²) in [4.78, 5) is 4.85. The zero-order valence-electron chi connectivity index (χ0n) is 8.52. The molecule has 2 nitrogen and oxygen atoms in total. The van der Waals surface area contributed by atoms with Crippen LogP contribution in [-0.4, -0.2) is 4.98 Å². The summed E-state index contributed by atoms with van der Waals surface area (Å²) in [5.41, 5.74) is 1.17. The molecule has 5 heteroatoms. The van der Waals surface area contributed by atoms with Crippen molar-refractivity contribution in [3.8, 4) is 6.07 Å². The lowest BCUT2D eigenvalue weighted by atomic mass is 10.1. The van der Waals surface area contributed by atoms with Crippen molar-refractivity contribution in [2.24, 2.45) is 0 Å². The van der Waals surface area contributed by atoms with Gasteiger partial charge >= 0.3 is 0 Å². The number of hydrogen-bond acceptors (Lipinski definition) is 3. The minimum atomic E-state index is 0.439. The van der Waals surface area contributed by atoms with Gasteiger partial charge in [0.05, 0.1) is 14.4 Å². The van der Waals surface area contributed by atoms with Crippen molar-refractivity contribution >= 4 is 49.5 Å². The summed E-state index contributed by atoms with van der Waals surface area (Å²) in [5.74, 6) is 0. The molecule has 0 fully saturated rings. The standard InChI is InChI=1S/C12H6BrClN2S/c13-11-4-3-10(17-11)12(14)9(6-15)8-2-1-5-16-7-8/h1-5,7H/b12-9-. The Morgan fingerprint density at radius 1 is 1.41 bits per heavy atom. The third-order valence-corrected chi connectivity index (χ3v) is 4.22. The maximum atomic E-state index is 9.19. The minimum absolute atomic E-state index is 0.439. The lowest BCUT2D eigenvalue weighted by molar-refractivity contribution is 1.31. The number of hydrogen-bond donors (Lipinski definition) is 0. The van der Waals surface area contributed by atoms with Gasteiger partial charge in [-0.15, -0.1) is 11.3 Å². The van der Waals surface area contributed by atoms with Gasteiger partial charge in [-0.1, -0.05) is 17.7 Å². The van der Waals surface area contributed by atoms with Crippen LogP contribution < -0.4 is 0 Å². The largest absolute Gasteiger partial charge is 0.264 e. The Labute approximate surface area is 116 Å². The topological polar surface area (TPSA) is 36.7 Å². The van der Waals surface area contributed by atoms with Gasteiger partial charge in [-0.2, -0.15) is 5.26 Å². The number of nitrogens with zero attached hydrogens (tertiary/aromatic N) is 2. The molecular formula is C12H6BrClN2S. The third-order valence-electron chi connectivity index (χ3n) is 2.07. The van der Waals surface area contributed by atoms with Gasteiger partial charge in [-0.25, -0.2) is 0 Å². The molecule has 0 radical (unpaired) electrons. The fourth-order valence-corrected chi connectivity index (χ4v) is 2.97. The summed E-state index contributed by atoms with van der Waals surface area (Å²) in [5, 5.41) is 9.65. The Balaban J connectivity index is 2.52. The first-order chi connectivity index (χ1) is 8.22. The van der Waals surface area contributed by atoms with Crippen molar-refractivity contribution in [2.75, 3.05) is 0 Å². The molecule has 2 heterocycles. The second-order valence-electron chi connectivity index (χ2n) is 3.15. The van der Waals surface area contributed by atoms with Gasteiger partial charge in [0, 0.05) is 22.8 Å². The number of nitriles is 1. The van der Waals surface area contributed by atoms with E-state index in [0.29, 0.717) is 10.6 Å². The lowest BCUT2D eigenvalue weighted by Crippen LogP contribution is -1.85. The van der Waals surface area contributed by atoms with Crippen LogP contribution in [0.2, 0.25) is 0 Å². The molecule has 0 amide bonds. The van der Waals surface area contributed by atoms with Crippen molar-refractivity contribution in [3.05, 3.63) is 50.9 Å². The molecule has 0 aliphatic heterocycles. The van der Waals surface area contributed by atoms with Crippen molar-refractivity contribution in [3.63, 3.8) is 0 Å². The van der Waals surface area contributed by atoms with Crippen LogP contribution in [-0.2, 0) is 0 Å². The molecule has 0 aliphatic carbocycles. The smallest absolute Gasteiger partial charge is 0.101 e. The summed E-state index contributed by atoms with van der Waals surface area (Å²) in [6.45, 7) is 0. The van der Waals surface area contributed by atoms with Crippen LogP contribution in [0.4, 0.5) is 0 Å². The first-order valence-corrected chi connectivity index (χ1v) is 6.67. The summed E-state index contributed by atoms with van der Waals surface area (Å²) in [6.07, 6.45) is 3.29. The predicted molar refractivity (Wildman–Crippen MR) is 74.5 cm³/mol. The monoisotopic (exact) mass is 324 g/mol. The number of thiophene rings is 1. The zero-order valence-corrected chi connectivity index (χ0v) is 11.7. The van der Waals surface area contributed by atoms with Crippen molar-refractivity contribution in [1.82, 2.24) is 4.98 Å². The van der Waals surface area contributed by atoms with Gasteiger partial charge in [0.1, 0.15) is 6.07 Å². The van der Waals surface area contributed by atoms with E-state index in [0.717, 1.165) is 14.2 Å². The van der Waals surface area contributed by atoms with Crippen LogP contribution in [0.1, 0.15) is 10.4 Å². The second kappa shape index (κ2) is 5.46. The van der Waals surface area contributed by atoms with E-state index in [-0.39, 0.29) is 0 Å². The molecule has 84 valence electrons. The maximum absolute atomic E-state index is 9.19. The Morgan fingerprint density at radius 3 is 2.76 bits per heavy atom. The first kappa shape index (κ1) is 12.3. The van der Waals surface area contributed by atoms with E-state index in [1.807, 2.05) is 18.2 Å².